The van der Waals surface area contributed by atoms with E-state index < -0.39 is 29.1 Å². The first-order chi connectivity index (χ1) is 19.3. The lowest BCUT2D eigenvalue weighted by molar-refractivity contribution is -0.145. The molecule has 11 nitrogen and oxygen atoms in total. The number of morpholine rings is 1. The van der Waals surface area contributed by atoms with Gasteiger partial charge in [-0.2, -0.15) is 0 Å². The van der Waals surface area contributed by atoms with Crippen molar-refractivity contribution < 1.29 is 33.7 Å². The zero-order valence-corrected chi connectivity index (χ0v) is 23.5. The third-order valence-electron chi connectivity index (χ3n) is 8.88. The standard InChI is InChI=1S/C29H42N4O7/c1-3-39-21-8-6-20(7-9-21)31-25(35)22-23-27(37)33(13-4-5-17-34)24(29(23)11-10-28(22,2)40-29)26(36)30-12-14-32-15-18-38-19-16-32/h6-9,22-24,34H,3-5,10-19H2,1-2H3,(H,30,36)(H,31,35)/t22-,23-,24?,28+,29?/m0/s1. The van der Waals surface area contributed by atoms with Crippen molar-refractivity contribution in [3.63, 3.8) is 0 Å². The number of nitrogens with zero attached hydrogens (tertiary/aromatic N) is 2. The van der Waals surface area contributed by atoms with Crippen LogP contribution >= 0.6 is 0 Å². The van der Waals surface area contributed by atoms with E-state index in [0.717, 1.165) is 13.1 Å². The highest BCUT2D eigenvalue weighted by molar-refractivity contribution is 6.02. The number of carbonyl (C=O) groups is 3. The van der Waals surface area contributed by atoms with Crippen molar-refractivity contribution in [2.24, 2.45) is 11.8 Å². The maximum Gasteiger partial charge on any atom is 0.245 e. The maximum atomic E-state index is 14.0. The predicted molar refractivity (Wildman–Crippen MR) is 147 cm³/mol. The van der Waals surface area contributed by atoms with Crippen molar-refractivity contribution in [2.75, 3.05) is 64.5 Å². The first-order valence-electron chi connectivity index (χ1n) is 14.6. The van der Waals surface area contributed by atoms with E-state index in [9.17, 15) is 19.5 Å². The second kappa shape index (κ2) is 12.0. The van der Waals surface area contributed by atoms with Gasteiger partial charge in [-0.05, 0) is 63.8 Å². The van der Waals surface area contributed by atoms with Crippen LogP contribution in [0.2, 0.25) is 0 Å². The monoisotopic (exact) mass is 558 g/mol. The molecule has 0 saturated carbocycles. The molecule has 2 unspecified atom stereocenters. The Morgan fingerprint density at radius 2 is 1.85 bits per heavy atom. The predicted octanol–water partition coefficient (Wildman–Crippen LogP) is 1.01. The lowest BCUT2D eigenvalue weighted by Crippen LogP contribution is -2.56. The Kier molecular flexibility index (Phi) is 8.65. The van der Waals surface area contributed by atoms with Crippen LogP contribution in [0.4, 0.5) is 5.69 Å². The molecule has 0 radical (unpaired) electrons. The van der Waals surface area contributed by atoms with E-state index in [0.29, 0.717) is 76.6 Å². The van der Waals surface area contributed by atoms with Gasteiger partial charge in [-0.15, -0.1) is 0 Å². The van der Waals surface area contributed by atoms with Gasteiger partial charge in [0.05, 0.1) is 37.3 Å². The number of ether oxygens (including phenoxy) is 3. The van der Waals surface area contributed by atoms with Crippen molar-refractivity contribution in [1.82, 2.24) is 15.1 Å². The lowest BCUT2D eigenvalue weighted by atomic mass is 9.66. The first-order valence-corrected chi connectivity index (χ1v) is 14.6. The van der Waals surface area contributed by atoms with Crippen LogP contribution in [0.5, 0.6) is 5.75 Å². The van der Waals surface area contributed by atoms with E-state index >= 15 is 0 Å². The highest BCUT2D eigenvalue weighted by Crippen LogP contribution is 2.63. The fourth-order valence-corrected chi connectivity index (χ4v) is 7.04. The number of aliphatic hydroxyl groups is 1. The second-order valence-corrected chi connectivity index (χ2v) is 11.4. The van der Waals surface area contributed by atoms with Crippen LogP contribution < -0.4 is 15.4 Å². The molecule has 1 aromatic rings. The molecule has 5 rings (SSSR count). The molecule has 220 valence electrons. The average molecular weight is 559 g/mol. The number of rotatable bonds is 12. The summed E-state index contributed by atoms with van der Waals surface area (Å²) in [6.45, 7) is 8.84. The summed E-state index contributed by atoms with van der Waals surface area (Å²) < 4.78 is 17.6. The zero-order valence-electron chi connectivity index (χ0n) is 23.5. The number of carbonyl (C=O) groups excluding carboxylic acids is 3. The average Bonchev–Trinajstić information content (AvgIpc) is 3.51. The highest BCUT2D eigenvalue weighted by atomic mass is 16.5. The van der Waals surface area contributed by atoms with Crippen LogP contribution in [-0.4, -0.2) is 109 Å². The van der Waals surface area contributed by atoms with E-state index in [-0.39, 0.29) is 24.3 Å². The summed E-state index contributed by atoms with van der Waals surface area (Å²) in [4.78, 5) is 45.4. The second-order valence-electron chi connectivity index (χ2n) is 11.4. The maximum absolute atomic E-state index is 14.0. The van der Waals surface area contributed by atoms with Crippen molar-refractivity contribution in [2.45, 2.75) is 56.8 Å². The first kappa shape index (κ1) is 28.8. The van der Waals surface area contributed by atoms with Crippen molar-refractivity contribution >= 4 is 23.4 Å². The van der Waals surface area contributed by atoms with Crippen LogP contribution in [0.25, 0.3) is 0 Å². The molecule has 1 aromatic carbocycles. The Hall–Kier alpha value is -2.73. The Balaban J connectivity index is 1.35. The number of nitrogens with one attached hydrogen (secondary N) is 2. The molecule has 4 aliphatic heterocycles. The number of aliphatic hydroxyl groups excluding tert-OH is 1. The highest BCUT2D eigenvalue weighted by Gasteiger charge is 2.77. The number of fused-ring (bicyclic) bond motifs is 1. The van der Waals surface area contributed by atoms with E-state index in [4.69, 9.17) is 14.2 Å². The van der Waals surface area contributed by atoms with Gasteiger partial charge in [0.1, 0.15) is 17.4 Å². The molecule has 4 aliphatic rings. The van der Waals surface area contributed by atoms with Crippen LogP contribution in [-0.2, 0) is 23.9 Å². The summed E-state index contributed by atoms with van der Waals surface area (Å²) in [5.41, 5.74) is -1.30. The Morgan fingerprint density at radius 1 is 1.10 bits per heavy atom. The van der Waals surface area contributed by atoms with Crippen LogP contribution in [0.3, 0.4) is 0 Å². The van der Waals surface area contributed by atoms with E-state index in [1.54, 1.807) is 29.2 Å². The normalized spacial score (nSPS) is 31.3. The number of likely N-dealkylation sites (tertiary alicyclic amines) is 1. The topological polar surface area (TPSA) is 130 Å². The third kappa shape index (κ3) is 5.32. The SMILES string of the molecule is CCOc1ccc(NC(=O)[C@@H]2[C@H]3C(=O)N(CCCCO)C(C(=O)NCCN4CCOCC4)C34CC[C@@]2(C)O4)cc1. The minimum atomic E-state index is -1.06. The van der Waals surface area contributed by atoms with Gasteiger partial charge in [0.25, 0.3) is 0 Å². The Labute approximate surface area is 235 Å². The van der Waals surface area contributed by atoms with E-state index in [2.05, 4.69) is 15.5 Å². The van der Waals surface area contributed by atoms with Crippen molar-refractivity contribution in [3.05, 3.63) is 24.3 Å². The molecule has 3 amide bonds. The van der Waals surface area contributed by atoms with Crippen molar-refractivity contribution in [3.8, 4) is 5.75 Å². The number of hydrogen-bond acceptors (Lipinski definition) is 8. The summed E-state index contributed by atoms with van der Waals surface area (Å²) in [6, 6.07) is 6.31. The summed E-state index contributed by atoms with van der Waals surface area (Å²) in [7, 11) is 0. The molecule has 2 bridgehead atoms. The molecular weight excluding hydrogens is 516 g/mol. The quantitative estimate of drug-likeness (QED) is 0.324. The van der Waals surface area contributed by atoms with Gasteiger partial charge in [0.2, 0.25) is 17.7 Å². The van der Waals surface area contributed by atoms with Gasteiger partial charge >= 0.3 is 0 Å². The molecule has 40 heavy (non-hydrogen) atoms. The number of unbranched alkanes of at least 4 members (excludes halogenated alkanes) is 1. The molecule has 4 saturated heterocycles. The fourth-order valence-electron chi connectivity index (χ4n) is 7.04. The number of hydrogen-bond donors (Lipinski definition) is 3. The van der Waals surface area contributed by atoms with Crippen LogP contribution in [0.1, 0.15) is 39.5 Å². The van der Waals surface area contributed by atoms with Gasteiger partial charge in [-0.1, -0.05) is 0 Å². The van der Waals surface area contributed by atoms with E-state index in [1.807, 2.05) is 13.8 Å². The van der Waals surface area contributed by atoms with Crippen LogP contribution in [0, 0.1) is 11.8 Å². The van der Waals surface area contributed by atoms with Gasteiger partial charge < -0.3 is 34.9 Å². The van der Waals surface area contributed by atoms with Gasteiger partial charge in [-0.3, -0.25) is 19.3 Å². The summed E-state index contributed by atoms with van der Waals surface area (Å²) in [5.74, 6) is -1.52. The Bertz CT molecular complexity index is 1080. The summed E-state index contributed by atoms with van der Waals surface area (Å²) >= 11 is 0. The summed E-state index contributed by atoms with van der Waals surface area (Å²) in [6.07, 6.45) is 2.20. The molecule has 11 heteroatoms. The largest absolute Gasteiger partial charge is 0.494 e. The molecule has 0 aromatic heterocycles. The summed E-state index contributed by atoms with van der Waals surface area (Å²) in [5, 5.41) is 15.4. The molecule has 1 spiro atoms. The zero-order chi connectivity index (χ0) is 28.3. The molecular formula is C29H42N4O7. The Morgan fingerprint density at radius 3 is 2.55 bits per heavy atom. The molecule has 0 aliphatic carbocycles. The third-order valence-corrected chi connectivity index (χ3v) is 8.88. The van der Waals surface area contributed by atoms with Crippen LogP contribution in [0.15, 0.2) is 24.3 Å². The number of amides is 3. The fraction of sp³-hybridized carbons (Fsp3) is 0.690. The molecule has 4 heterocycles. The number of anilines is 1. The van der Waals surface area contributed by atoms with Gasteiger partial charge in [0, 0.05) is 45.0 Å². The molecule has 3 N–H and O–H groups in total. The smallest absolute Gasteiger partial charge is 0.245 e. The molecule has 5 atom stereocenters. The minimum Gasteiger partial charge on any atom is -0.494 e. The minimum absolute atomic E-state index is 0.00863. The van der Waals surface area contributed by atoms with Crippen molar-refractivity contribution in [1.29, 1.82) is 0 Å². The van der Waals surface area contributed by atoms with E-state index in [1.165, 1.54) is 0 Å². The number of benzene rings is 1. The van der Waals surface area contributed by atoms with Gasteiger partial charge in [-0.25, -0.2) is 0 Å². The lowest BCUT2D eigenvalue weighted by Gasteiger charge is -2.34. The van der Waals surface area contributed by atoms with Gasteiger partial charge in [0.15, 0.2) is 0 Å². The molecule has 4 fully saturated rings.